The summed E-state index contributed by atoms with van der Waals surface area (Å²) in [4.78, 5) is 2.30. The van der Waals surface area contributed by atoms with E-state index in [0.29, 0.717) is 6.54 Å². The van der Waals surface area contributed by atoms with E-state index in [1.807, 2.05) is 18.2 Å². The first-order valence-electron chi connectivity index (χ1n) is 6.51. The molecule has 0 aliphatic carbocycles. The van der Waals surface area contributed by atoms with Gasteiger partial charge in [-0.2, -0.15) is 0 Å². The van der Waals surface area contributed by atoms with E-state index in [-0.39, 0.29) is 6.61 Å². The molecular formula is C14H24N2O2. The summed E-state index contributed by atoms with van der Waals surface area (Å²) in [5.74, 6) is 0.868. The Morgan fingerprint density at radius 2 is 2.00 bits per heavy atom. The summed E-state index contributed by atoms with van der Waals surface area (Å²) < 4.78 is 5.24. The van der Waals surface area contributed by atoms with E-state index in [1.54, 1.807) is 7.11 Å². The lowest BCUT2D eigenvalue weighted by Gasteiger charge is -2.25. The number of hydrogen-bond acceptors (Lipinski definition) is 4. The SMILES string of the molecule is COc1cccc(N(CCCN)CCCCO)c1. The van der Waals surface area contributed by atoms with Crippen molar-refractivity contribution in [3.05, 3.63) is 24.3 Å². The molecule has 0 spiro atoms. The van der Waals surface area contributed by atoms with Crippen molar-refractivity contribution in [1.29, 1.82) is 0 Å². The van der Waals surface area contributed by atoms with E-state index < -0.39 is 0 Å². The molecule has 0 saturated heterocycles. The van der Waals surface area contributed by atoms with Crippen LogP contribution in [0.25, 0.3) is 0 Å². The highest BCUT2D eigenvalue weighted by atomic mass is 16.5. The summed E-state index contributed by atoms with van der Waals surface area (Å²) in [6.45, 7) is 2.83. The normalized spacial score (nSPS) is 10.4. The number of benzene rings is 1. The number of hydrogen-bond donors (Lipinski definition) is 2. The van der Waals surface area contributed by atoms with Gasteiger partial charge >= 0.3 is 0 Å². The van der Waals surface area contributed by atoms with Crippen LogP contribution in [0.4, 0.5) is 5.69 Å². The van der Waals surface area contributed by atoms with Gasteiger partial charge in [-0.25, -0.2) is 0 Å². The van der Waals surface area contributed by atoms with Gasteiger partial charge in [0.15, 0.2) is 0 Å². The van der Waals surface area contributed by atoms with Crippen molar-refractivity contribution in [2.75, 3.05) is 38.3 Å². The first-order chi connectivity index (χ1) is 8.81. The van der Waals surface area contributed by atoms with Gasteiger partial charge in [-0.3, -0.25) is 0 Å². The molecule has 1 aromatic rings. The fourth-order valence-corrected chi connectivity index (χ4v) is 1.87. The van der Waals surface area contributed by atoms with Crippen molar-refractivity contribution in [2.45, 2.75) is 19.3 Å². The average molecular weight is 252 g/mol. The van der Waals surface area contributed by atoms with Crippen LogP contribution in [0.1, 0.15) is 19.3 Å². The Hall–Kier alpha value is -1.26. The molecule has 1 rings (SSSR count). The van der Waals surface area contributed by atoms with Gasteiger partial charge in [0.2, 0.25) is 0 Å². The molecule has 0 saturated carbocycles. The minimum atomic E-state index is 0.253. The number of aliphatic hydroxyl groups excluding tert-OH is 1. The number of rotatable bonds is 9. The number of nitrogens with zero attached hydrogens (tertiary/aromatic N) is 1. The van der Waals surface area contributed by atoms with Gasteiger partial charge in [-0.15, -0.1) is 0 Å². The molecule has 1 aromatic carbocycles. The molecule has 0 heterocycles. The average Bonchev–Trinajstić information content (AvgIpc) is 2.42. The Bertz CT molecular complexity index is 331. The van der Waals surface area contributed by atoms with Crippen molar-refractivity contribution < 1.29 is 9.84 Å². The minimum Gasteiger partial charge on any atom is -0.497 e. The molecule has 0 amide bonds. The summed E-state index contributed by atoms with van der Waals surface area (Å²) in [5.41, 5.74) is 6.73. The standard InChI is InChI=1S/C14H24N2O2/c1-18-14-7-4-6-13(12-14)16(10-5-8-15)9-2-3-11-17/h4,6-7,12,17H,2-3,5,8-11,15H2,1H3. The third kappa shape index (κ3) is 4.94. The maximum atomic E-state index is 8.85. The molecule has 4 nitrogen and oxygen atoms in total. The van der Waals surface area contributed by atoms with Gasteiger partial charge in [-0.05, 0) is 37.9 Å². The maximum Gasteiger partial charge on any atom is 0.120 e. The summed E-state index contributed by atoms with van der Waals surface area (Å²) in [6.07, 6.45) is 2.79. The summed E-state index contributed by atoms with van der Waals surface area (Å²) in [5, 5.41) is 8.85. The molecule has 102 valence electrons. The second kappa shape index (κ2) is 8.78. The zero-order valence-corrected chi connectivity index (χ0v) is 11.1. The van der Waals surface area contributed by atoms with Crippen LogP contribution in [-0.2, 0) is 0 Å². The molecule has 4 heteroatoms. The Morgan fingerprint density at radius 3 is 2.67 bits per heavy atom. The first kappa shape index (κ1) is 14.8. The monoisotopic (exact) mass is 252 g/mol. The van der Waals surface area contributed by atoms with Gasteiger partial charge in [0.1, 0.15) is 5.75 Å². The molecule has 0 aliphatic heterocycles. The number of aliphatic hydroxyl groups is 1. The Kier molecular flexibility index (Phi) is 7.22. The largest absolute Gasteiger partial charge is 0.497 e. The van der Waals surface area contributed by atoms with Crippen LogP contribution in [0.3, 0.4) is 0 Å². The molecule has 0 aromatic heterocycles. The van der Waals surface area contributed by atoms with Crippen molar-refractivity contribution >= 4 is 5.69 Å². The van der Waals surface area contributed by atoms with Gasteiger partial charge in [0, 0.05) is 31.5 Å². The molecule has 0 aliphatic rings. The van der Waals surface area contributed by atoms with E-state index >= 15 is 0 Å². The van der Waals surface area contributed by atoms with E-state index in [9.17, 15) is 0 Å². The van der Waals surface area contributed by atoms with Gasteiger partial charge < -0.3 is 20.5 Å². The van der Waals surface area contributed by atoms with Crippen molar-refractivity contribution in [3.63, 3.8) is 0 Å². The topological polar surface area (TPSA) is 58.7 Å². The fourth-order valence-electron chi connectivity index (χ4n) is 1.87. The number of unbranched alkanes of at least 4 members (excludes halogenated alkanes) is 1. The summed E-state index contributed by atoms with van der Waals surface area (Å²) >= 11 is 0. The summed E-state index contributed by atoms with van der Waals surface area (Å²) in [7, 11) is 1.68. The lowest BCUT2D eigenvalue weighted by Crippen LogP contribution is -2.27. The zero-order valence-electron chi connectivity index (χ0n) is 11.1. The van der Waals surface area contributed by atoms with Gasteiger partial charge in [0.25, 0.3) is 0 Å². The lowest BCUT2D eigenvalue weighted by molar-refractivity contribution is 0.285. The third-order valence-corrected chi connectivity index (χ3v) is 2.89. The van der Waals surface area contributed by atoms with E-state index in [0.717, 1.165) is 43.8 Å². The highest BCUT2D eigenvalue weighted by molar-refractivity contribution is 5.50. The van der Waals surface area contributed by atoms with Crippen molar-refractivity contribution in [2.24, 2.45) is 5.73 Å². The highest BCUT2D eigenvalue weighted by Crippen LogP contribution is 2.21. The molecule has 0 fully saturated rings. The van der Waals surface area contributed by atoms with Crippen LogP contribution in [-0.4, -0.2) is 38.5 Å². The van der Waals surface area contributed by atoms with Crippen LogP contribution in [0.2, 0.25) is 0 Å². The van der Waals surface area contributed by atoms with Crippen LogP contribution >= 0.6 is 0 Å². The third-order valence-electron chi connectivity index (χ3n) is 2.89. The Labute approximate surface area is 109 Å². The van der Waals surface area contributed by atoms with Gasteiger partial charge in [-0.1, -0.05) is 6.07 Å². The highest BCUT2D eigenvalue weighted by Gasteiger charge is 2.06. The second-order valence-electron chi connectivity index (χ2n) is 4.26. The molecular weight excluding hydrogens is 228 g/mol. The molecule has 0 radical (unpaired) electrons. The van der Waals surface area contributed by atoms with E-state index in [4.69, 9.17) is 15.6 Å². The molecule has 18 heavy (non-hydrogen) atoms. The maximum absolute atomic E-state index is 8.85. The molecule has 0 atom stereocenters. The minimum absolute atomic E-state index is 0.253. The zero-order chi connectivity index (χ0) is 13.2. The van der Waals surface area contributed by atoms with Crippen molar-refractivity contribution in [3.8, 4) is 5.75 Å². The quantitative estimate of drug-likeness (QED) is 0.656. The van der Waals surface area contributed by atoms with Gasteiger partial charge in [0.05, 0.1) is 7.11 Å². The van der Waals surface area contributed by atoms with Crippen molar-refractivity contribution in [1.82, 2.24) is 0 Å². The predicted octanol–water partition coefficient (Wildman–Crippen LogP) is 1.62. The van der Waals surface area contributed by atoms with Crippen LogP contribution in [0.5, 0.6) is 5.75 Å². The summed E-state index contributed by atoms with van der Waals surface area (Å²) in [6, 6.07) is 8.06. The second-order valence-corrected chi connectivity index (χ2v) is 4.26. The predicted molar refractivity (Wildman–Crippen MR) is 75.2 cm³/mol. The molecule has 3 N–H and O–H groups in total. The lowest BCUT2D eigenvalue weighted by atomic mass is 10.2. The number of ether oxygens (including phenoxy) is 1. The Balaban J connectivity index is 2.66. The fraction of sp³-hybridized carbons (Fsp3) is 0.571. The molecule has 0 bridgehead atoms. The smallest absolute Gasteiger partial charge is 0.120 e. The number of anilines is 1. The molecule has 0 unspecified atom stereocenters. The van der Waals surface area contributed by atoms with Crippen LogP contribution in [0, 0.1) is 0 Å². The first-order valence-corrected chi connectivity index (χ1v) is 6.51. The van der Waals surface area contributed by atoms with Crippen LogP contribution in [0.15, 0.2) is 24.3 Å². The van der Waals surface area contributed by atoms with Crippen LogP contribution < -0.4 is 15.4 Å². The Morgan fingerprint density at radius 1 is 1.22 bits per heavy atom. The van der Waals surface area contributed by atoms with E-state index in [2.05, 4.69) is 11.0 Å². The number of nitrogens with two attached hydrogens (primary N) is 1. The number of methoxy groups -OCH3 is 1. The van der Waals surface area contributed by atoms with E-state index in [1.165, 1.54) is 0 Å².